The minimum atomic E-state index is -0.352. The first-order valence-corrected chi connectivity index (χ1v) is 8.99. The van der Waals surface area contributed by atoms with Crippen molar-refractivity contribution in [3.8, 4) is 17.1 Å². The van der Waals surface area contributed by atoms with Crippen molar-refractivity contribution >= 4 is 23.2 Å². The van der Waals surface area contributed by atoms with Gasteiger partial charge in [-0.25, -0.2) is 4.68 Å². The summed E-state index contributed by atoms with van der Waals surface area (Å²) in [4.78, 5) is 12.7. The molecule has 0 saturated heterocycles. The zero-order chi connectivity index (χ0) is 20.4. The number of amides is 1. The molecule has 10 heteroatoms. The summed E-state index contributed by atoms with van der Waals surface area (Å²) >= 11 is 6.02. The number of nitrogens with zero attached hydrogens (tertiary/aromatic N) is 6. The third-order valence-electron chi connectivity index (χ3n) is 4.18. The minimum absolute atomic E-state index is 0.265. The van der Waals surface area contributed by atoms with Crippen LogP contribution in [0.3, 0.4) is 0 Å². The molecule has 0 fully saturated rings. The van der Waals surface area contributed by atoms with E-state index >= 15 is 0 Å². The average molecular weight is 410 g/mol. The molecule has 0 bridgehead atoms. The molecule has 29 heavy (non-hydrogen) atoms. The number of methoxy groups -OCH3 is 1. The van der Waals surface area contributed by atoms with Crippen LogP contribution in [0.5, 0.6) is 5.75 Å². The van der Waals surface area contributed by atoms with Crippen molar-refractivity contribution < 1.29 is 9.53 Å². The van der Waals surface area contributed by atoms with E-state index < -0.39 is 0 Å². The first-order valence-electron chi connectivity index (χ1n) is 8.61. The van der Waals surface area contributed by atoms with E-state index in [4.69, 9.17) is 16.3 Å². The van der Waals surface area contributed by atoms with E-state index in [9.17, 15) is 4.79 Å². The zero-order valence-corrected chi connectivity index (χ0v) is 16.3. The highest BCUT2D eigenvalue weighted by atomic mass is 35.5. The Morgan fingerprint density at radius 2 is 2.03 bits per heavy atom. The molecule has 4 aromatic rings. The van der Waals surface area contributed by atoms with Crippen LogP contribution in [0.2, 0.25) is 5.02 Å². The number of hydrogen-bond donors (Lipinski definition) is 1. The molecule has 0 atom stereocenters. The lowest BCUT2D eigenvalue weighted by atomic mass is 10.2. The number of halogens is 1. The monoisotopic (exact) mass is 409 g/mol. The Morgan fingerprint density at radius 1 is 1.17 bits per heavy atom. The maximum absolute atomic E-state index is 12.7. The Kier molecular flexibility index (Phi) is 4.96. The molecule has 2 aromatic carbocycles. The van der Waals surface area contributed by atoms with Gasteiger partial charge in [-0.05, 0) is 59.8 Å². The van der Waals surface area contributed by atoms with Gasteiger partial charge in [-0.2, -0.15) is 9.78 Å². The largest absolute Gasteiger partial charge is 0.494 e. The van der Waals surface area contributed by atoms with Gasteiger partial charge in [0.15, 0.2) is 11.5 Å². The van der Waals surface area contributed by atoms with Crippen LogP contribution in [-0.4, -0.2) is 43.0 Å². The SMILES string of the molecule is COc1ccc(NC(=O)c2ccn(-c3cccc(Cl)c3)n2)cc1-n1nnnc1C. The van der Waals surface area contributed by atoms with Crippen molar-refractivity contribution in [3.05, 3.63) is 71.3 Å². The summed E-state index contributed by atoms with van der Waals surface area (Å²) in [5.41, 5.74) is 2.19. The smallest absolute Gasteiger partial charge is 0.276 e. The number of anilines is 1. The minimum Gasteiger partial charge on any atom is -0.494 e. The van der Waals surface area contributed by atoms with Crippen LogP contribution in [0.25, 0.3) is 11.4 Å². The number of aromatic nitrogens is 6. The summed E-state index contributed by atoms with van der Waals surface area (Å²) in [5.74, 6) is 0.811. The predicted molar refractivity (Wildman–Crippen MR) is 107 cm³/mol. The van der Waals surface area contributed by atoms with Crippen molar-refractivity contribution in [2.75, 3.05) is 12.4 Å². The number of carbonyl (C=O) groups is 1. The Hall–Kier alpha value is -3.72. The standard InChI is InChI=1S/C19H16ClN7O2/c1-12-22-24-25-27(12)17-11-14(6-7-18(17)29-2)21-19(28)16-8-9-26(23-16)15-5-3-4-13(20)10-15/h3-11H,1-2H3,(H,21,28). The van der Waals surface area contributed by atoms with Gasteiger partial charge in [0.25, 0.3) is 5.91 Å². The number of hydrogen-bond acceptors (Lipinski definition) is 6. The van der Waals surface area contributed by atoms with Crippen LogP contribution in [0.1, 0.15) is 16.3 Å². The lowest BCUT2D eigenvalue weighted by molar-refractivity contribution is 0.102. The second kappa shape index (κ2) is 7.72. The van der Waals surface area contributed by atoms with Crippen molar-refractivity contribution in [2.45, 2.75) is 6.92 Å². The summed E-state index contributed by atoms with van der Waals surface area (Å²) in [5, 5.41) is 19.2. The summed E-state index contributed by atoms with van der Waals surface area (Å²) in [6.07, 6.45) is 1.70. The van der Waals surface area contributed by atoms with Crippen LogP contribution < -0.4 is 10.1 Å². The highest BCUT2D eigenvalue weighted by Crippen LogP contribution is 2.26. The first-order chi connectivity index (χ1) is 14.0. The highest BCUT2D eigenvalue weighted by Gasteiger charge is 2.15. The first kappa shape index (κ1) is 18.6. The van der Waals surface area contributed by atoms with Crippen LogP contribution in [0.4, 0.5) is 5.69 Å². The van der Waals surface area contributed by atoms with E-state index in [1.807, 2.05) is 12.1 Å². The molecule has 0 saturated carbocycles. The van der Waals surface area contributed by atoms with Crippen molar-refractivity contribution in [3.63, 3.8) is 0 Å². The molecule has 2 heterocycles. The topological polar surface area (TPSA) is 99.8 Å². The van der Waals surface area contributed by atoms with Crippen LogP contribution >= 0.6 is 11.6 Å². The van der Waals surface area contributed by atoms with Crippen LogP contribution in [-0.2, 0) is 0 Å². The quantitative estimate of drug-likeness (QED) is 0.543. The molecule has 0 radical (unpaired) electrons. The number of ether oxygens (including phenoxy) is 1. The van der Waals surface area contributed by atoms with Crippen LogP contribution in [0, 0.1) is 6.92 Å². The third-order valence-corrected chi connectivity index (χ3v) is 4.42. The molecule has 0 aliphatic heterocycles. The fourth-order valence-corrected chi connectivity index (χ4v) is 2.97. The fraction of sp³-hybridized carbons (Fsp3) is 0.105. The normalized spacial score (nSPS) is 10.7. The molecule has 1 N–H and O–H groups in total. The lowest BCUT2D eigenvalue weighted by Crippen LogP contribution is -2.14. The second-order valence-corrected chi connectivity index (χ2v) is 6.54. The number of aryl methyl sites for hydroxylation is 1. The Bertz CT molecular complexity index is 1180. The van der Waals surface area contributed by atoms with E-state index in [1.165, 1.54) is 4.68 Å². The predicted octanol–water partition coefficient (Wildman–Crippen LogP) is 3.07. The summed E-state index contributed by atoms with van der Waals surface area (Å²) in [6.45, 7) is 1.77. The van der Waals surface area contributed by atoms with Gasteiger partial charge in [-0.1, -0.05) is 17.7 Å². The van der Waals surface area contributed by atoms with Gasteiger partial charge in [0.05, 0.1) is 12.8 Å². The molecule has 4 rings (SSSR count). The lowest BCUT2D eigenvalue weighted by Gasteiger charge is -2.11. The van der Waals surface area contributed by atoms with Crippen molar-refractivity contribution in [2.24, 2.45) is 0 Å². The van der Waals surface area contributed by atoms with Gasteiger partial charge in [-0.3, -0.25) is 4.79 Å². The summed E-state index contributed by atoms with van der Waals surface area (Å²) < 4.78 is 8.49. The van der Waals surface area contributed by atoms with Gasteiger partial charge in [-0.15, -0.1) is 5.10 Å². The average Bonchev–Trinajstić information content (AvgIpc) is 3.37. The molecular weight excluding hydrogens is 394 g/mol. The molecule has 2 aromatic heterocycles. The second-order valence-electron chi connectivity index (χ2n) is 6.10. The summed E-state index contributed by atoms with van der Waals surface area (Å²) in [7, 11) is 1.55. The maximum Gasteiger partial charge on any atom is 0.276 e. The van der Waals surface area contributed by atoms with E-state index in [0.717, 1.165) is 5.69 Å². The zero-order valence-electron chi connectivity index (χ0n) is 15.6. The Morgan fingerprint density at radius 3 is 2.76 bits per heavy atom. The van der Waals surface area contributed by atoms with Gasteiger partial charge in [0.1, 0.15) is 11.4 Å². The Labute approximate surface area is 170 Å². The van der Waals surface area contributed by atoms with Crippen LogP contribution in [0.15, 0.2) is 54.7 Å². The van der Waals surface area contributed by atoms with Gasteiger partial charge in [0, 0.05) is 16.9 Å². The molecule has 146 valence electrons. The van der Waals surface area contributed by atoms with E-state index in [1.54, 1.807) is 61.3 Å². The highest BCUT2D eigenvalue weighted by molar-refractivity contribution is 6.30. The van der Waals surface area contributed by atoms with E-state index in [2.05, 4.69) is 25.9 Å². The van der Waals surface area contributed by atoms with Gasteiger partial charge >= 0.3 is 0 Å². The number of nitrogens with one attached hydrogen (secondary N) is 1. The number of tetrazole rings is 1. The maximum atomic E-state index is 12.7. The molecule has 1 amide bonds. The van der Waals surface area contributed by atoms with Crippen molar-refractivity contribution in [1.29, 1.82) is 0 Å². The Balaban J connectivity index is 1.58. The number of carbonyl (C=O) groups excluding carboxylic acids is 1. The molecule has 0 aliphatic rings. The fourth-order valence-electron chi connectivity index (χ4n) is 2.79. The number of rotatable bonds is 5. The number of benzene rings is 2. The van der Waals surface area contributed by atoms with Gasteiger partial charge < -0.3 is 10.1 Å². The molecular formula is C19H16ClN7O2. The van der Waals surface area contributed by atoms with Crippen molar-refractivity contribution in [1.82, 2.24) is 30.0 Å². The molecule has 0 unspecified atom stereocenters. The van der Waals surface area contributed by atoms with Gasteiger partial charge in [0.2, 0.25) is 0 Å². The molecule has 9 nitrogen and oxygen atoms in total. The molecule has 0 spiro atoms. The van der Waals surface area contributed by atoms with E-state index in [0.29, 0.717) is 28.0 Å². The summed E-state index contributed by atoms with van der Waals surface area (Å²) in [6, 6.07) is 14.0. The third kappa shape index (κ3) is 3.81. The van der Waals surface area contributed by atoms with E-state index in [-0.39, 0.29) is 11.6 Å². The molecule has 0 aliphatic carbocycles.